The first-order valence-electron chi connectivity index (χ1n) is 8.36. The molecule has 0 radical (unpaired) electrons. The standard InChI is InChI=1S/C20H27NO4/c1-13(19(22)15-5-9-17(24-3)10-6-15)21-14(2)20(23)16-7-11-18(25-4)12-8-16/h5-14,19-23H,1-4H3/t13-,14+,19-,20+. The third kappa shape index (κ3) is 4.95. The third-order valence-corrected chi connectivity index (χ3v) is 4.39. The molecule has 0 bridgehead atoms. The maximum Gasteiger partial charge on any atom is 0.118 e. The van der Waals surface area contributed by atoms with Gasteiger partial charge < -0.3 is 25.0 Å². The number of ether oxygens (including phenoxy) is 2. The Kier molecular flexibility index (Phi) is 6.82. The van der Waals surface area contributed by atoms with Crippen LogP contribution in [0.4, 0.5) is 0 Å². The summed E-state index contributed by atoms with van der Waals surface area (Å²) >= 11 is 0. The Morgan fingerprint density at radius 3 is 1.28 bits per heavy atom. The molecule has 136 valence electrons. The van der Waals surface area contributed by atoms with E-state index in [2.05, 4.69) is 5.32 Å². The predicted octanol–water partition coefficient (Wildman–Crippen LogP) is 2.84. The van der Waals surface area contributed by atoms with Crippen molar-refractivity contribution in [3.63, 3.8) is 0 Å². The number of nitrogens with one attached hydrogen (secondary N) is 1. The van der Waals surface area contributed by atoms with Gasteiger partial charge in [0.15, 0.2) is 0 Å². The molecule has 0 aliphatic carbocycles. The van der Waals surface area contributed by atoms with Crippen molar-refractivity contribution in [1.82, 2.24) is 5.32 Å². The predicted molar refractivity (Wildman–Crippen MR) is 98.0 cm³/mol. The van der Waals surface area contributed by atoms with Crippen LogP contribution < -0.4 is 14.8 Å². The Balaban J connectivity index is 1.98. The third-order valence-electron chi connectivity index (χ3n) is 4.39. The maximum atomic E-state index is 10.5. The van der Waals surface area contributed by atoms with Gasteiger partial charge in [0.05, 0.1) is 26.4 Å². The lowest BCUT2D eigenvalue weighted by Gasteiger charge is -2.28. The van der Waals surface area contributed by atoms with Crippen LogP contribution in [0.3, 0.4) is 0 Å². The summed E-state index contributed by atoms with van der Waals surface area (Å²) in [6.45, 7) is 3.79. The van der Waals surface area contributed by atoms with Crippen LogP contribution in [-0.4, -0.2) is 36.5 Å². The van der Waals surface area contributed by atoms with Crippen molar-refractivity contribution in [3.05, 3.63) is 59.7 Å². The van der Waals surface area contributed by atoms with Gasteiger partial charge in [-0.05, 0) is 49.2 Å². The number of hydrogen-bond donors (Lipinski definition) is 3. The van der Waals surface area contributed by atoms with Crippen molar-refractivity contribution in [2.24, 2.45) is 0 Å². The van der Waals surface area contributed by atoms with E-state index in [9.17, 15) is 10.2 Å². The van der Waals surface area contributed by atoms with Gasteiger partial charge in [-0.15, -0.1) is 0 Å². The summed E-state index contributed by atoms with van der Waals surface area (Å²) in [5.74, 6) is 1.50. The van der Waals surface area contributed by atoms with Crippen molar-refractivity contribution in [3.8, 4) is 11.5 Å². The number of hydrogen-bond acceptors (Lipinski definition) is 5. The lowest BCUT2D eigenvalue weighted by atomic mass is 9.99. The Morgan fingerprint density at radius 2 is 1.00 bits per heavy atom. The molecule has 0 aliphatic rings. The molecule has 0 unspecified atom stereocenters. The van der Waals surface area contributed by atoms with Gasteiger partial charge >= 0.3 is 0 Å². The zero-order chi connectivity index (χ0) is 18.4. The van der Waals surface area contributed by atoms with E-state index in [1.165, 1.54) is 0 Å². The van der Waals surface area contributed by atoms with Gasteiger partial charge in [-0.2, -0.15) is 0 Å². The van der Waals surface area contributed by atoms with E-state index in [1.807, 2.05) is 62.4 Å². The molecule has 2 aromatic rings. The van der Waals surface area contributed by atoms with E-state index in [-0.39, 0.29) is 12.1 Å². The second-order valence-electron chi connectivity index (χ2n) is 6.18. The molecule has 0 aromatic heterocycles. The number of aliphatic hydroxyl groups is 2. The van der Waals surface area contributed by atoms with E-state index in [0.29, 0.717) is 0 Å². The topological polar surface area (TPSA) is 71.0 Å². The summed E-state index contributed by atoms with van der Waals surface area (Å²) in [6, 6.07) is 14.2. The summed E-state index contributed by atoms with van der Waals surface area (Å²) in [7, 11) is 3.22. The average molecular weight is 345 g/mol. The average Bonchev–Trinajstić information content (AvgIpc) is 2.66. The van der Waals surface area contributed by atoms with Crippen LogP contribution in [0.25, 0.3) is 0 Å². The molecule has 0 heterocycles. The zero-order valence-electron chi connectivity index (χ0n) is 15.1. The van der Waals surface area contributed by atoms with Crippen molar-refractivity contribution in [1.29, 1.82) is 0 Å². The Morgan fingerprint density at radius 1 is 0.680 bits per heavy atom. The fraction of sp³-hybridized carbons (Fsp3) is 0.400. The second kappa shape index (κ2) is 8.85. The molecule has 25 heavy (non-hydrogen) atoms. The maximum absolute atomic E-state index is 10.5. The molecular formula is C20H27NO4. The van der Waals surface area contributed by atoms with Crippen LogP contribution in [0.1, 0.15) is 37.2 Å². The van der Waals surface area contributed by atoms with Gasteiger partial charge in [-0.1, -0.05) is 24.3 Å². The SMILES string of the molecule is COc1ccc([C@@H](O)[C@H](C)N[C@H](C)[C@@H](O)c2ccc(OC)cc2)cc1. The molecule has 3 N–H and O–H groups in total. The van der Waals surface area contributed by atoms with Crippen molar-refractivity contribution in [2.45, 2.75) is 38.1 Å². The van der Waals surface area contributed by atoms with E-state index in [0.717, 1.165) is 22.6 Å². The van der Waals surface area contributed by atoms with E-state index in [4.69, 9.17) is 9.47 Å². The van der Waals surface area contributed by atoms with Gasteiger partial charge in [0.2, 0.25) is 0 Å². The minimum absolute atomic E-state index is 0.226. The highest BCUT2D eigenvalue weighted by molar-refractivity contribution is 5.30. The molecule has 0 amide bonds. The number of aliphatic hydroxyl groups excluding tert-OH is 2. The van der Waals surface area contributed by atoms with Crippen LogP contribution in [0, 0.1) is 0 Å². The van der Waals surface area contributed by atoms with Gasteiger partial charge in [0.1, 0.15) is 11.5 Å². The van der Waals surface area contributed by atoms with Crippen LogP contribution in [0.15, 0.2) is 48.5 Å². The fourth-order valence-electron chi connectivity index (χ4n) is 2.78. The van der Waals surface area contributed by atoms with Crippen LogP contribution >= 0.6 is 0 Å². The molecule has 2 rings (SSSR count). The van der Waals surface area contributed by atoms with E-state index in [1.54, 1.807) is 14.2 Å². The van der Waals surface area contributed by atoms with Crippen LogP contribution in [0.5, 0.6) is 11.5 Å². The molecule has 0 fully saturated rings. The van der Waals surface area contributed by atoms with Gasteiger partial charge in [0, 0.05) is 12.1 Å². The quantitative estimate of drug-likeness (QED) is 0.686. The molecule has 0 spiro atoms. The van der Waals surface area contributed by atoms with Gasteiger partial charge in [0.25, 0.3) is 0 Å². The molecule has 2 aromatic carbocycles. The molecule has 5 nitrogen and oxygen atoms in total. The highest BCUT2D eigenvalue weighted by Gasteiger charge is 2.23. The normalized spacial score (nSPS) is 15.9. The molecule has 0 saturated heterocycles. The molecule has 5 heteroatoms. The highest BCUT2D eigenvalue weighted by Crippen LogP contribution is 2.23. The Hall–Kier alpha value is -2.08. The van der Waals surface area contributed by atoms with Gasteiger partial charge in [-0.25, -0.2) is 0 Å². The largest absolute Gasteiger partial charge is 0.497 e. The number of rotatable bonds is 8. The number of methoxy groups -OCH3 is 2. The smallest absolute Gasteiger partial charge is 0.118 e. The fourth-order valence-corrected chi connectivity index (χ4v) is 2.78. The minimum atomic E-state index is -0.684. The molecule has 4 atom stereocenters. The number of benzene rings is 2. The van der Waals surface area contributed by atoms with Crippen molar-refractivity contribution in [2.75, 3.05) is 14.2 Å². The first-order valence-corrected chi connectivity index (χ1v) is 8.36. The van der Waals surface area contributed by atoms with Crippen molar-refractivity contribution < 1.29 is 19.7 Å². The Labute approximate surface area is 149 Å². The summed E-state index contributed by atoms with van der Waals surface area (Å²) in [5.41, 5.74) is 1.60. The first-order chi connectivity index (χ1) is 12.0. The Bertz CT molecular complexity index is 584. The van der Waals surface area contributed by atoms with Crippen LogP contribution in [-0.2, 0) is 0 Å². The van der Waals surface area contributed by atoms with Crippen molar-refractivity contribution >= 4 is 0 Å². The zero-order valence-corrected chi connectivity index (χ0v) is 15.1. The molecule has 0 saturated carbocycles. The molecular weight excluding hydrogens is 318 g/mol. The highest BCUT2D eigenvalue weighted by atomic mass is 16.5. The molecule has 0 aliphatic heterocycles. The van der Waals surface area contributed by atoms with E-state index < -0.39 is 12.2 Å². The first kappa shape index (κ1) is 19.2. The minimum Gasteiger partial charge on any atom is -0.497 e. The monoisotopic (exact) mass is 345 g/mol. The summed E-state index contributed by atoms with van der Waals surface area (Å²) in [6.07, 6.45) is -1.37. The van der Waals surface area contributed by atoms with Gasteiger partial charge in [-0.3, -0.25) is 0 Å². The van der Waals surface area contributed by atoms with E-state index >= 15 is 0 Å². The summed E-state index contributed by atoms with van der Waals surface area (Å²) < 4.78 is 10.3. The summed E-state index contributed by atoms with van der Waals surface area (Å²) in [5, 5.41) is 24.3. The summed E-state index contributed by atoms with van der Waals surface area (Å²) in [4.78, 5) is 0. The lowest BCUT2D eigenvalue weighted by Crippen LogP contribution is -2.41. The van der Waals surface area contributed by atoms with Crippen LogP contribution in [0.2, 0.25) is 0 Å². The second-order valence-corrected chi connectivity index (χ2v) is 6.18. The lowest BCUT2D eigenvalue weighted by molar-refractivity contribution is 0.0918.